The molecule has 4 N–H and O–H groups in total. The third-order valence-electron chi connectivity index (χ3n) is 7.25. The van der Waals surface area contributed by atoms with Crippen LogP contribution in [0.2, 0.25) is 5.02 Å². The molecule has 0 spiro atoms. The molecule has 242 valence electrons. The van der Waals surface area contributed by atoms with Gasteiger partial charge in [-0.1, -0.05) is 36.9 Å². The summed E-state index contributed by atoms with van der Waals surface area (Å²) < 4.78 is 16.4. The van der Waals surface area contributed by atoms with Crippen LogP contribution in [0.15, 0.2) is 68.0 Å². The number of rotatable bonds is 13. The van der Waals surface area contributed by atoms with Crippen molar-refractivity contribution >= 4 is 52.5 Å². The van der Waals surface area contributed by atoms with Gasteiger partial charge in [-0.3, -0.25) is 14.5 Å². The van der Waals surface area contributed by atoms with Gasteiger partial charge in [0.05, 0.1) is 45.2 Å². The number of hydrogen-bond acceptors (Lipinski definition) is 9. The van der Waals surface area contributed by atoms with E-state index >= 15 is 0 Å². The number of amides is 4. The summed E-state index contributed by atoms with van der Waals surface area (Å²) in [4.78, 5) is 47.7. The summed E-state index contributed by atoms with van der Waals surface area (Å²) >= 11 is 6.62. The van der Waals surface area contributed by atoms with Crippen molar-refractivity contribution in [2.75, 3.05) is 54.8 Å². The Kier molecular flexibility index (Phi) is 11.5. The monoisotopic (exact) mass is 649 g/mol. The summed E-state index contributed by atoms with van der Waals surface area (Å²) in [5.74, 6) is 0.921. The molecule has 1 fully saturated rings. The Bertz CT molecular complexity index is 1570. The van der Waals surface area contributed by atoms with Crippen LogP contribution < -0.4 is 35.6 Å². The van der Waals surface area contributed by atoms with Crippen LogP contribution in [-0.4, -0.2) is 73.9 Å². The van der Waals surface area contributed by atoms with E-state index in [-0.39, 0.29) is 35.5 Å². The summed E-state index contributed by atoms with van der Waals surface area (Å²) in [6, 6.07) is 9.43. The fourth-order valence-corrected chi connectivity index (χ4v) is 5.06. The van der Waals surface area contributed by atoms with E-state index in [2.05, 4.69) is 44.4 Å². The van der Waals surface area contributed by atoms with Gasteiger partial charge in [0.2, 0.25) is 11.8 Å². The largest absolute Gasteiger partial charge is 0.496 e. The molecule has 3 aromatic rings. The summed E-state index contributed by atoms with van der Waals surface area (Å²) in [5, 5.41) is 12.0. The van der Waals surface area contributed by atoms with Gasteiger partial charge in [0.1, 0.15) is 34.5 Å². The van der Waals surface area contributed by atoms with E-state index in [0.29, 0.717) is 59.7 Å². The Morgan fingerprint density at radius 1 is 1.00 bits per heavy atom. The molecule has 14 heteroatoms. The third-order valence-corrected chi connectivity index (χ3v) is 7.62. The number of aromatic nitrogens is 2. The van der Waals surface area contributed by atoms with Crippen LogP contribution in [0.25, 0.3) is 0 Å². The van der Waals surface area contributed by atoms with Gasteiger partial charge in [0.25, 0.3) is 0 Å². The second-order valence-corrected chi connectivity index (χ2v) is 10.6. The minimum atomic E-state index is -0.514. The highest BCUT2D eigenvalue weighted by atomic mass is 35.5. The quantitative estimate of drug-likeness (QED) is 0.198. The molecule has 1 aliphatic heterocycles. The molecule has 4 amide bonds. The first-order valence-corrected chi connectivity index (χ1v) is 14.7. The van der Waals surface area contributed by atoms with Crippen molar-refractivity contribution < 1.29 is 28.6 Å². The molecule has 2 aromatic carbocycles. The second kappa shape index (κ2) is 15.7. The minimum absolute atomic E-state index is 0.211. The summed E-state index contributed by atoms with van der Waals surface area (Å²) in [7, 11) is 2.99. The van der Waals surface area contributed by atoms with Gasteiger partial charge < -0.3 is 35.5 Å². The van der Waals surface area contributed by atoms with Crippen molar-refractivity contribution in [3.63, 3.8) is 0 Å². The molecular formula is C32H36ClN7O6. The van der Waals surface area contributed by atoms with Crippen LogP contribution in [0.5, 0.6) is 11.5 Å². The Labute approximate surface area is 272 Å². The fraction of sp³-hybridized carbons (Fsp3) is 0.281. The van der Waals surface area contributed by atoms with E-state index in [0.717, 1.165) is 5.56 Å². The average molecular weight is 650 g/mol. The minimum Gasteiger partial charge on any atom is -0.496 e. The van der Waals surface area contributed by atoms with Crippen molar-refractivity contribution in [1.29, 1.82) is 0 Å². The highest BCUT2D eigenvalue weighted by molar-refractivity contribution is 6.35. The van der Waals surface area contributed by atoms with E-state index in [9.17, 15) is 14.4 Å². The predicted octanol–water partition coefficient (Wildman–Crippen LogP) is 4.34. The molecular weight excluding hydrogens is 614 g/mol. The highest BCUT2D eigenvalue weighted by Gasteiger charge is 2.30. The lowest BCUT2D eigenvalue weighted by Crippen LogP contribution is -2.45. The molecule has 2 heterocycles. The Morgan fingerprint density at radius 3 is 2.37 bits per heavy atom. The lowest BCUT2D eigenvalue weighted by Gasteiger charge is -2.25. The second-order valence-electron chi connectivity index (χ2n) is 10.2. The Hall–Kier alpha value is -5.14. The zero-order valence-corrected chi connectivity index (χ0v) is 26.5. The predicted molar refractivity (Wildman–Crippen MR) is 177 cm³/mol. The molecule has 0 bridgehead atoms. The van der Waals surface area contributed by atoms with E-state index in [1.165, 1.54) is 37.6 Å². The van der Waals surface area contributed by atoms with Gasteiger partial charge in [0.15, 0.2) is 0 Å². The van der Waals surface area contributed by atoms with Gasteiger partial charge in [-0.2, -0.15) is 0 Å². The molecule has 0 radical (unpaired) electrons. The number of anilines is 4. The molecule has 1 aromatic heterocycles. The van der Waals surface area contributed by atoms with E-state index in [1.54, 1.807) is 31.2 Å². The number of urea groups is 1. The maximum atomic E-state index is 14.0. The topological polar surface area (TPSA) is 156 Å². The number of benzene rings is 2. The highest BCUT2D eigenvalue weighted by Crippen LogP contribution is 2.40. The summed E-state index contributed by atoms with van der Waals surface area (Å²) in [6.45, 7) is 9.61. The van der Waals surface area contributed by atoms with Crippen LogP contribution in [0.3, 0.4) is 0 Å². The van der Waals surface area contributed by atoms with Gasteiger partial charge in [-0.25, -0.2) is 14.8 Å². The van der Waals surface area contributed by atoms with Crippen molar-refractivity contribution in [1.82, 2.24) is 15.3 Å². The molecule has 46 heavy (non-hydrogen) atoms. The first-order valence-electron chi connectivity index (χ1n) is 14.3. The van der Waals surface area contributed by atoms with E-state index < -0.39 is 6.03 Å². The normalized spacial score (nSPS) is 15.3. The number of methoxy groups -OCH3 is 2. The molecule has 13 nitrogen and oxygen atoms in total. The molecule has 4 rings (SSSR count). The Morgan fingerprint density at radius 2 is 1.70 bits per heavy atom. The lowest BCUT2D eigenvalue weighted by atomic mass is 10.1. The van der Waals surface area contributed by atoms with Crippen LogP contribution >= 0.6 is 11.6 Å². The van der Waals surface area contributed by atoms with Gasteiger partial charge >= 0.3 is 6.03 Å². The SMILES string of the molecule is C=CC(=O)Nc1ccc(CCN(C(=O)Nc2c(C)c(OC)cc(OC)c2Cl)c2cc(NC3COCC3NC(=O)C=C)ncn2)cc1. The van der Waals surface area contributed by atoms with Gasteiger partial charge in [0, 0.05) is 29.9 Å². The number of halogens is 1. The van der Waals surface area contributed by atoms with Crippen molar-refractivity contribution in [2.24, 2.45) is 0 Å². The average Bonchev–Trinajstić information content (AvgIpc) is 3.49. The lowest BCUT2D eigenvalue weighted by molar-refractivity contribution is -0.117. The standard InChI is InChI=1S/C32H36ClN7O6/c1-6-28(41)36-21-10-8-20(9-11-21)12-13-40(32(43)39-31-19(3)24(44-4)14-25(45-5)30(31)33)27-15-26(34-18-35-27)37-22-16-46-17-23(22)38-29(42)7-2/h6-11,14-15,18,22-23H,1-2,12-13,16-17H2,3-5H3,(H,36,41)(H,38,42)(H,39,43)(H,34,35,37). The Balaban J connectivity index is 1.61. The first kappa shape index (κ1) is 33.7. The van der Waals surface area contributed by atoms with Crippen LogP contribution in [-0.2, 0) is 20.7 Å². The van der Waals surface area contributed by atoms with Crippen LogP contribution in [0.4, 0.5) is 27.8 Å². The number of carbonyl (C=O) groups excluding carboxylic acids is 3. The van der Waals surface area contributed by atoms with Crippen LogP contribution in [0, 0.1) is 6.92 Å². The van der Waals surface area contributed by atoms with Crippen molar-refractivity contribution in [3.8, 4) is 11.5 Å². The van der Waals surface area contributed by atoms with Crippen LogP contribution in [0.1, 0.15) is 11.1 Å². The molecule has 1 aliphatic rings. The maximum Gasteiger partial charge on any atom is 0.327 e. The number of ether oxygens (including phenoxy) is 3. The summed E-state index contributed by atoms with van der Waals surface area (Å²) in [5.41, 5.74) is 2.46. The smallest absolute Gasteiger partial charge is 0.327 e. The molecule has 2 atom stereocenters. The van der Waals surface area contributed by atoms with Gasteiger partial charge in [-0.05, 0) is 43.2 Å². The van der Waals surface area contributed by atoms with Crippen molar-refractivity contribution in [2.45, 2.75) is 25.4 Å². The number of hydrogen-bond donors (Lipinski definition) is 4. The zero-order valence-electron chi connectivity index (χ0n) is 25.8. The zero-order chi connectivity index (χ0) is 33.2. The fourth-order valence-electron chi connectivity index (χ4n) is 4.74. The number of nitrogens with zero attached hydrogens (tertiary/aromatic N) is 3. The number of nitrogens with one attached hydrogen (secondary N) is 4. The van der Waals surface area contributed by atoms with Crippen molar-refractivity contribution in [3.05, 3.63) is 84.2 Å². The molecule has 0 saturated carbocycles. The maximum absolute atomic E-state index is 14.0. The summed E-state index contributed by atoms with van der Waals surface area (Å²) in [6.07, 6.45) is 4.18. The van der Waals surface area contributed by atoms with E-state index in [4.69, 9.17) is 25.8 Å². The van der Waals surface area contributed by atoms with Gasteiger partial charge in [-0.15, -0.1) is 0 Å². The third kappa shape index (κ3) is 8.31. The molecule has 0 aliphatic carbocycles. The number of carbonyl (C=O) groups is 3. The molecule has 1 saturated heterocycles. The first-order chi connectivity index (χ1) is 22.2. The molecule has 2 unspecified atom stereocenters. The van der Waals surface area contributed by atoms with E-state index in [1.807, 2.05) is 12.1 Å².